The Labute approximate surface area is 160 Å². The van der Waals surface area contributed by atoms with Gasteiger partial charge in [0.05, 0.1) is 0 Å². The van der Waals surface area contributed by atoms with Crippen LogP contribution in [0.3, 0.4) is 0 Å². The molecule has 0 aromatic carbocycles. The molecule has 18 heteroatoms. The molecule has 0 heterocycles. The zero-order valence-electron chi connectivity index (χ0n) is 13.2. The molecule has 7 atom stereocenters. The van der Waals surface area contributed by atoms with E-state index in [9.17, 15) is 70.0 Å². The third-order valence-electron chi connectivity index (χ3n) is 3.07. The molecular weight excluding hydrogens is 454 g/mol. The van der Waals surface area contributed by atoms with Crippen molar-refractivity contribution in [1.82, 2.24) is 0 Å². The van der Waals surface area contributed by atoms with Crippen LogP contribution in [0, 0.1) is 0 Å². The van der Waals surface area contributed by atoms with Crippen LogP contribution in [0.15, 0.2) is 0 Å². The Morgan fingerprint density at radius 2 is 0.929 bits per heavy atom. The van der Waals surface area contributed by atoms with Crippen LogP contribution in [0.2, 0.25) is 0 Å². The molecule has 0 saturated heterocycles. The molecule has 28 heavy (non-hydrogen) atoms. The molecule has 0 fully saturated rings. The zero-order valence-corrected chi connectivity index (χ0v) is 14.0. The van der Waals surface area contributed by atoms with Crippen molar-refractivity contribution >= 4 is 10.1 Å². The molecule has 0 bridgehead atoms. The zero-order chi connectivity index (χ0) is 22.1. The fourth-order valence-electron chi connectivity index (χ4n) is 1.54. The van der Waals surface area contributed by atoms with E-state index in [4.69, 9.17) is 0 Å². The first-order valence-corrected chi connectivity index (χ1v) is 7.75. The van der Waals surface area contributed by atoms with Gasteiger partial charge in [-0.1, -0.05) is 0 Å². The summed E-state index contributed by atoms with van der Waals surface area (Å²) >= 11 is 0. The van der Waals surface area contributed by atoms with Crippen LogP contribution in [0.1, 0.15) is 0 Å². The van der Waals surface area contributed by atoms with Crippen molar-refractivity contribution < 1.29 is 88.9 Å². The van der Waals surface area contributed by atoms with E-state index < -0.39 is 70.9 Å². The minimum absolute atomic E-state index is 0. The third kappa shape index (κ3) is 6.05. The number of rotatable bonds is 10. The predicted molar refractivity (Wildman–Crippen MR) is 59.9 cm³/mol. The van der Waals surface area contributed by atoms with Gasteiger partial charge >= 0.3 is 30.7 Å². The molecule has 0 aromatic rings. The second kappa shape index (κ2) is 10.1. The van der Waals surface area contributed by atoms with Gasteiger partial charge in [-0.2, -0.15) is 17.6 Å². The van der Waals surface area contributed by atoms with E-state index in [1.54, 1.807) is 0 Å². The number of halogens is 13. The maximum Gasteiger partial charge on any atom is 1.00 e. The molecule has 0 aliphatic carbocycles. The molecule has 0 amide bonds. The Balaban J connectivity index is 0. The van der Waals surface area contributed by atoms with Gasteiger partial charge in [0, 0.05) is 0 Å². The van der Waals surface area contributed by atoms with E-state index >= 15 is 0 Å². The van der Waals surface area contributed by atoms with Crippen molar-refractivity contribution in [3.8, 4) is 0 Å². The summed E-state index contributed by atoms with van der Waals surface area (Å²) in [5.74, 6) is -13.6. The largest absolute Gasteiger partial charge is 1.00 e. The van der Waals surface area contributed by atoms with Gasteiger partial charge in [-0.3, -0.25) is 0 Å². The van der Waals surface area contributed by atoms with Gasteiger partial charge in [0.2, 0.25) is 6.17 Å². The molecule has 164 valence electrons. The van der Waals surface area contributed by atoms with E-state index in [1.807, 2.05) is 0 Å². The summed E-state index contributed by atoms with van der Waals surface area (Å²) in [5.41, 5.74) is -5.35. The van der Waals surface area contributed by atoms with Gasteiger partial charge < -0.3 is 4.55 Å². The summed E-state index contributed by atoms with van der Waals surface area (Å²) in [6, 6.07) is 0. The van der Waals surface area contributed by atoms with Crippen LogP contribution in [0.25, 0.3) is 0 Å². The van der Waals surface area contributed by atoms with E-state index in [0.29, 0.717) is 0 Å². The van der Waals surface area contributed by atoms with Crippen molar-refractivity contribution in [1.29, 1.82) is 0 Å². The molecule has 0 rings (SSSR count). The standard InChI is InChI=1S/C10H9F13O3S.Li/c11-1(3(13)5(15)7(17)18)2(12)4(14)6(16)9(20,21)10(22,23)8(19)27(24,25)26;/h1-8H,(H,24,25,26);/q;+1/p-1. The first kappa shape index (κ1) is 29.8. The minimum Gasteiger partial charge on any atom is -0.746 e. The molecule has 0 N–H and O–H groups in total. The predicted octanol–water partition coefficient (Wildman–Crippen LogP) is 0.396. The molecule has 0 spiro atoms. The molecule has 7 unspecified atom stereocenters. The van der Waals surface area contributed by atoms with E-state index in [2.05, 4.69) is 0 Å². The molecule has 0 aliphatic heterocycles. The van der Waals surface area contributed by atoms with Crippen molar-refractivity contribution in [3.63, 3.8) is 0 Å². The summed E-state index contributed by atoms with van der Waals surface area (Å²) in [4.78, 5) is 0. The fourth-order valence-corrected chi connectivity index (χ4v) is 2.06. The fraction of sp³-hybridized carbons (Fsp3) is 1.00. The monoisotopic (exact) mass is 462 g/mol. The Morgan fingerprint density at radius 1 is 0.607 bits per heavy atom. The smallest absolute Gasteiger partial charge is 0.746 e. The van der Waals surface area contributed by atoms with Crippen LogP contribution in [0.4, 0.5) is 57.1 Å². The van der Waals surface area contributed by atoms with Crippen LogP contribution >= 0.6 is 0 Å². The van der Waals surface area contributed by atoms with Gasteiger partial charge in [0.25, 0.3) is 11.9 Å². The number of alkyl halides is 13. The molecule has 0 radical (unpaired) electrons. The molecule has 0 saturated carbocycles. The van der Waals surface area contributed by atoms with Crippen molar-refractivity contribution in [2.75, 3.05) is 0 Å². The summed E-state index contributed by atoms with van der Waals surface area (Å²) in [5, 5.41) is 0. The summed E-state index contributed by atoms with van der Waals surface area (Å²) in [6.07, 6.45) is -31.8. The van der Waals surface area contributed by atoms with Crippen LogP contribution in [-0.2, 0) is 10.1 Å². The molecular formula is C10H8F13LiO3S. The summed E-state index contributed by atoms with van der Waals surface area (Å²) in [6.45, 7) is 0. The van der Waals surface area contributed by atoms with Gasteiger partial charge in [0.15, 0.2) is 30.9 Å². The van der Waals surface area contributed by atoms with E-state index in [0.717, 1.165) is 0 Å². The second-order valence-electron chi connectivity index (χ2n) is 5.01. The van der Waals surface area contributed by atoms with Gasteiger partial charge in [-0.05, 0) is 0 Å². The van der Waals surface area contributed by atoms with E-state index in [-0.39, 0.29) is 18.9 Å². The van der Waals surface area contributed by atoms with Crippen molar-refractivity contribution in [2.24, 2.45) is 0 Å². The minimum atomic E-state index is -6.87. The Hall–Kier alpha value is -0.403. The Bertz CT molecular complexity index is 591. The first-order chi connectivity index (χ1) is 11.8. The maximum absolute atomic E-state index is 13.2. The average molecular weight is 462 g/mol. The quantitative estimate of drug-likeness (QED) is 0.269. The maximum atomic E-state index is 13.2. The van der Waals surface area contributed by atoms with Crippen molar-refractivity contribution in [3.05, 3.63) is 0 Å². The molecule has 0 aromatic heterocycles. The first-order valence-electron chi connectivity index (χ1n) is 6.28. The van der Waals surface area contributed by atoms with Gasteiger partial charge in [-0.25, -0.2) is 47.9 Å². The van der Waals surface area contributed by atoms with Crippen LogP contribution in [-0.4, -0.2) is 73.8 Å². The SMILES string of the molecule is O=S(=O)([O-])C(F)C(F)(F)C(F)(F)C(F)C(F)C(F)C(F)C(F)C(F)C(F)F.[Li+]. The van der Waals surface area contributed by atoms with Crippen LogP contribution < -0.4 is 18.9 Å². The average Bonchev–Trinajstić information content (AvgIpc) is 2.55. The van der Waals surface area contributed by atoms with Gasteiger partial charge in [-0.15, -0.1) is 0 Å². The number of hydrogen-bond acceptors (Lipinski definition) is 3. The summed E-state index contributed by atoms with van der Waals surface area (Å²) in [7, 11) is -6.87. The second-order valence-corrected chi connectivity index (χ2v) is 6.41. The Morgan fingerprint density at radius 3 is 1.25 bits per heavy atom. The van der Waals surface area contributed by atoms with Crippen molar-refractivity contribution in [2.45, 2.75) is 60.8 Å². The summed E-state index contributed by atoms with van der Waals surface area (Å²) < 4.78 is 197. The van der Waals surface area contributed by atoms with Gasteiger partial charge in [0.1, 0.15) is 10.1 Å². The van der Waals surface area contributed by atoms with E-state index in [1.165, 1.54) is 0 Å². The third-order valence-corrected chi connectivity index (χ3v) is 3.87. The molecule has 0 aliphatic rings. The van der Waals surface area contributed by atoms with Crippen LogP contribution in [0.5, 0.6) is 0 Å². The topological polar surface area (TPSA) is 57.2 Å². The molecule has 3 nitrogen and oxygen atoms in total. The Kier molecular flexibility index (Phi) is 10.7. The number of hydrogen-bond donors (Lipinski definition) is 0. The normalized spacial score (nSPS) is 21.2.